The summed E-state index contributed by atoms with van der Waals surface area (Å²) < 4.78 is 5.06. The number of cyclic esters (lactones) is 1. The molecule has 0 radical (unpaired) electrons. The predicted molar refractivity (Wildman–Crippen MR) is 70.6 cm³/mol. The molecule has 0 aromatic heterocycles. The minimum Gasteiger partial charge on any atom is -0.422 e. The van der Waals surface area contributed by atoms with Crippen molar-refractivity contribution in [1.29, 1.82) is 0 Å². The first-order valence-corrected chi connectivity index (χ1v) is 6.21. The lowest BCUT2D eigenvalue weighted by Gasteiger charge is -2.18. The maximum atomic E-state index is 12.0. The molecule has 0 saturated heterocycles. The van der Waals surface area contributed by atoms with Gasteiger partial charge in [-0.15, -0.1) is 0 Å². The number of benzene rings is 1. The van der Waals surface area contributed by atoms with Gasteiger partial charge in [-0.1, -0.05) is 18.2 Å². The molecule has 0 spiro atoms. The Bertz CT molecular complexity index is 546. The smallest absolute Gasteiger partial charge is 0.344 e. The highest BCUT2D eigenvalue weighted by atomic mass is 16.5. The van der Waals surface area contributed by atoms with Crippen molar-refractivity contribution in [3.63, 3.8) is 0 Å². The van der Waals surface area contributed by atoms with Gasteiger partial charge < -0.3 is 19.8 Å². The van der Waals surface area contributed by atoms with Crippen LogP contribution in [0.25, 0.3) is 5.76 Å². The summed E-state index contributed by atoms with van der Waals surface area (Å²) >= 11 is 0. The topological polar surface area (TPSA) is 87.1 Å². The van der Waals surface area contributed by atoms with Crippen LogP contribution in [0.4, 0.5) is 0 Å². The van der Waals surface area contributed by atoms with Gasteiger partial charge >= 0.3 is 5.97 Å². The lowest BCUT2D eigenvalue weighted by atomic mass is 10.1. The molecule has 0 bridgehead atoms. The molecule has 20 heavy (non-hydrogen) atoms. The van der Waals surface area contributed by atoms with E-state index in [1.54, 1.807) is 24.3 Å². The normalized spacial score (nSPS) is 15.1. The zero-order valence-corrected chi connectivity index (χ0v) is 10.8. The third kappa shape index (κ3) is 2.87. The van der Waals surface area contributed by atoms with Crippen LogP contribution in [0.3, 0.4) is 0 Å². The Balaban J connectivity index is 2.23. The molecule has 1 aromatic rings. The van der Waals surface area contributed by atoms with Crippen LogP contribution in [0.5, 0.6) is 0 Å². The van der Waals surface area contributed by atoms with Crippen LogP contribution < -0.4 is 0 Å². The fraction of sp³-hybridized carbons (Fsp3) is 0.286. The molecule has 0 aliphatic carbocycles. The van der Waals surface area contributed by atoms with Gasteiger partial charge in [0, 0.05) is 24.7 Å². The minimum atomic E-state index is -0.490. The summed E-state index contributed by atoms with van der Waals surface area (Å²) in [7, 11) is 0. The van der Waals surface area contributed by atoms with Gasteiger partial charge in [0.1, 0.15) is 5.76 Å². The summed E-state index contributed by atoms with van der Waals surface area (Å²) in [5, 5.41) is 17.8. The van der Waals surface area contributed by atoms with E-state index in [0.29, 0.717) is 11.1 Å². The first-order chi connectivity index (χ1) is 9.67. The average molecular weight is 277 g/mol. The number of amides is 1. The van der Waals surface area contributed by atoms with Crippen molar-refractivity contribution in [2.24, 2.45) is 0 Å². The summed E-state index contributed by atoms with van der Waals surface area (Å²) in [6.45, 7) is -0.186. The van der Waals surface area contributed by atoms with E-state index >= 15 is 0 Å². The second-order valence-electron chi connectivity index (χ2n) is 4.22. The fourth-order valence-electron chi connectivity index (χ4n) is 1.97. The molecule has 0 unspecified atom stereocenters. The largest absolute Gasteiger partial charge is 0.422 e. The van der Waals surface area contributed by atoms with E-state index in [1.807, 2.05) is 0 Å². The van der Waals surface area contributed by atoms with Crippen molar-refractivity contribution < 1.29 is 24.5 Å². The van der Waals surface area contributed by atoms with Gasteiger partial charge in [0.15, 0.2) is 0 Å². The first-order valence-electron chi connectivity index (χ1n) is 6.21. The molecule has 0 saturated carbocycles. The summed E-state index contributed by atoms with van der Waals surface area (Å²) in [5.74, 6) is -0.723. The summed E-state index contributed by atoms with van der Waals surface area (Å²) in [5.41, 5.74) is 0.987. The van der Waals surface area contributed by atoms with Gasteiger partial charge in [0.05, 0.1) is 18.8 Å². The van der Waals surface area contributed by atoms with Crippen LogP contribution in [0.15, 0.2) is 30.3 Å². The Morgan fingerprint density at radius 2 is 1.75 bits per heavy atom. The van der Waals surface area contributed by atoms with E-state index in [9.17, 15) is 9.59 Å². The van der Waals surface area contributed by atoms with Gasteiger partial charge in [-0.25, -0.2) is 4.79 Å². The molecule has 1 aromatic carbocycles. The number of fused-ring (bicyclic) bond motifs is 1. The van der Waals surface area contributed by atoms with Crippen molar-refractivity contribution in [1.82, 2.24) is 4.90 Å². The lowest BCUT2D eigenvalue weighted by Crippen LogP contribution is -2.34. The molecular formula is C14H15NO5. The molecule has 6 heteroatoms. The quantitative estimate of drug-likeness (QED) is 0.585. The molecule has 1 aliphatic rings. The van der Waals surface area contributed by atoms with Gasteiger partial charge in [-0.3, -0.25) is 4.79 Å². The molecule has 2 rings (SSSR count). The number of nitrogens with zero attached hydrogens (tertiary/aromatic N) is 1. The van der Waals surface area contributed by atoms with Crippen molar-refractivity contribution in [3.8, 4) is 0 Å². The number of ether oxygens (including phenoxy) is 1. The van der Waals surface area contributed by atoms with Gasteiger partial charge in [-0.2, -0.15) is 0 Å². The Kier molecular flexibility index (Phi) is 4.49. The Hall–Kier alpha value is -2.18. The van der Waals surface area contributed by atoms with Gasteiger partial charge in [0.25, 0.3) is 0 Å². The summed E-state index contributed by atoms with van der Waals surface area (Å²) in [6.07, 6.45) is 1.20. The lowest BCUT2D eigenvalue weighted by molar-refractivity contribution is -0.127. The number of esters is 1. The van der Waals surface area contributed by atoms with E-state index < -0.39 is 11.9 Å². The maximum Gasteiger partial charge on any atom is 0.344 e. The molecule has 106 valence electrons. The van der Waals surface area contributed by atoms with Crippen LogP contribution in [-0.4, -0.2) is 53.3 Å². The second kappa shape index (κ2) is 6.31. The van der Waals surface area contributed by atoms with E-state index in [0.717, 1.165) is 0 Å². The Morgan fingerprint density at radius 3 is 2.35 bits per heavy atom. The number of aliphatic hydroxyl groups excluding tert-OH is 2. The highest BCUT2D eigenvalue weighted by Gasteiger charge is 2.27. The Morgan fingerprint density at radius 1 is 1.15 bits per heavy atom. The number of rotatable bonds is 5. The third-order valence-electron chi connectivity index (χ3n) is 2.92. The average Bonchev–Trinajstić information content (AvgIpc) is 2.76. The SMILES string of the molecule is O=C1OC(=CC(=O)N(CCO)CCO)c2ccccc21. The van der Waals surface area contributed by atoms with Crippen LogP contribution in [0.2, 0.25) is 0 Å². The highest BCUT2D eigenvalue weighted by molar-refractivity contribution is 6.06. The van der Waals surface area contributed by atoms with E-state index in [2.05, 4.69) is 0 Å². The molecule has 1 heterocycles. The second-order valence-corrected chi connectivity index (χ2v) is 4.22. The van der Waals surface area contributed by atoms with Crippen LogP contribution in [0.1, 0.15) is 15.9 Å². The molecular weight excluding hydrogens is 262 g/mol. The van der Waals surface area contributed by atoms with Crippen molar-refractivity contribution in [2.75, 3.05) is 26.3 Å². The monoisotopic (exact) mass is 277 g/mol. The number of hydrogen-bond donors (Lipinski definition) is 2. The number of hydrogen-bond acceptors (Lipinski definition) is 5. The zero-order chi connectivity index (χ0) is 14.5. The van der Waals surface area contributed by atoms with Crippen molar-refractivity contribution in [2.45, 2.75) is 0 Å². The molecule has 0 fully saturated rings. The highest BCUT2D eigenvalue weighted by Crippen LogP contribution is 2.29. The molecule has 2 N–H and O–H groups in total. The van der Waals surface area contributed by atoms with E-state index in [4.69, 9.17) is 14.9 Å². The number of carbonyl (C=O) groups is 2. The Labute approximate surface area is 115 Å². The first kappa shape index (κ1) is 14.2. The van der Waals surface area contributed by atoms with Crippen molar-refractivity contribution in [3.05, 3.63) is 41.5 Å². The molecule has 1 amide bonds. The van der Waals surface area contributed by atoms with Crippen LogP contribution >= 0.6 is 0 Å². The molecule has 6 nitrogen and oxygen atoms in total. The number of carbonyl (C=O) groups excluding carboxylic acids is 2. The fourth-order valence-corrected chi connectivity index (χ4v) is 1.97. The molecule has 1 aliphatic heterocycles. The summed E-state index contributed by atoms with van der Waals surface area (Å²) in [6, 6.07) is 6.79. The van der Waals surface area contributed by atoms with Crippen LogP contribution in [-0.2, 0) is 9.53 Å². The van der Waals surface area contributed by atoms with Gasteiger partial charge in [0.2, 0.25) is 5.91 Å². The molecule has 0 atom stereocenters. The standard InChI is InChI=1S/C14H15NO5/c16-7-5-15(6-8-17)13(18)9-12-10-3-1-2-4-11(10)14(19)20-12/h1-4,9,16-17H,5-8H2. The summed E-state index contributed by atoms with van der Waals surface area (Å²) in [4.78, 5) is 24.9. The third-order valence-corrected chi connectivity index (χ3v) is 2.92. The van der Waals surface area contributed by atoms with Crippen LogP contribution in [0, 0.1) is 0 Å². The van der Waals surface area contributed by atoms with Crippen molar-refractivity contribution >= 4 is 17.6 Å². The van der Waals surface area contributed by atoms with Gasteiger partial charge in [-0.05, 0) is 6.07 Å². The van der Waals surface area contributed by atoms with E-state index in [1.165, 1.54) is 11.0 Å². The minimum absolute atomic E-state index is 0.110. The predicted octanol–water partition coefficient (Wildman–Crippen LogP) is 0.0111. The zero-order valence-electron chi connectivity index (χ0n) is 10.8. The maximum absolute atomic E-state index is 12.0. The van der Waals surface area contributed by atoms with E-state index in [-0.39, 0.29) is 32.1 Å². The number of aliphatic hydroxyl groups is 2.